The Morgan fingerprint density at radius 2 is 1.79 bits per heavy atom. The minimum Gasteiger partial charge on any atom is -0.545 e. The fraction of sp³-hybridized carbons (Fsp3) is 0.190. The second kappa shape index (κ2) is 8.58. The Labute approximate surface area is 173 Å². The Bertz CT molecular complexity index is 950. The van der Waals surface area contributed by atoms with Crippen LogP contribution >= 0.6 is 24.0 Å². The van der Waals surface area contributed by atoms with Gasteiger partial charge in [-0.25, -0.2) is 0 Å². The zero-order valence-electron chi connectivity index (χ0n) is 15.5. The van der Waals surface area contributed by atoms with Gasteiger partial charge in [-0.2, -0.15) is 0 Å². The highest BCUT2D eigenvalue weighted by molar-refractivity contribution is 8.27. The average Bonchev–Trinajstić information content (AvgIpc) is 2.97. The van der Waals surface area contributed by atoms with E-state index in [1.165, 1.54) is 11.0 Å². The molecule has 1 aliphatic heterocycles. The lowest BCUT2D eigenvalue weighted by Crippen LogP contribution is -2.28. The lowest BCUT2D eigenvalue weighted by molar-refractivity contribution is -0.255. The lowest BCUT2D eigenvalue weighted by atomic mass is 10.1. The number of amides is 1. The molecule has 0 aromatic heterocycles. The molecule has 1 amide bonds. The monoisotopic (exact) mass is 411 g/mol. The van der Waals surface area contributed by atoms with E-state index in [9.17, 15) is 14.7 Å². The van der Waals surface area contributed by atoms with Gasteiger partial charge in [0.1, 0.15) is 0 Å². The summed E-state index contributed by atoms with van der Waals surface area (Å²) in [7, 11) is 0. The summed E-state index contributed by atoms with van der Waals surface area (Å²) in [6, 6.07) is 14.1. The van der Waals surface area contributed by atoms with Crippen LogP contribution in [0.1, 0.15) is 29.8 Å². The number of carbonyl (C=O) groups excluding carboxylic acids is 2. The molecule has 1 fully saturated rings. The van der Waals surface area contributed by atoms with Crippen LogP contribution in [0, 0.1) is 0 Å². The van der Waals surface area contributed by atoms with Crippen molar-refractivity contribution in [2.24, 2.45) is 0 Å². The van der Waals surface area contributed by atoms with Gasteiger partial charge in [0.15, 0.2) is 4.32 Å². The van der Waals surface area contributed by atoms with E-state index in [1.807, 2.05) is 24.3 Å². The molecule has 0 saturated carbocycles. The van der Waals surface area contributed by atoms with Crippen molar-refractivity contribution < 1.29 is 14.7 Å². The predicted octanol–water partition coefficient (Wildman–Crippen LogP) is 3.30. The van der Waals surface area contributed by atoms with Crippen molar-refractivity contribution in [3.63, 3.8) is 0 Å². The van der Waals surface area contributed by atoms with Crippen molar-refractivity contribution in [3.8, 4) is 0 Å². The van der Waals surface area contributed by atoms with Crippen LogP contribution in [-0.4, -0.2) is 29.3 Å². The summed E-state index contributed by atoms with van der Waals surface area (Å²) in [4.78, 5) is 28.3. The van der Waals surface area contributed by atoms with Crippen LogP contribution in [0.5, 0.6) is 0 Å². The van der Waals surface area contributed by atoms with E-state index < -0.39 is 5.97 Å². The number of thiocarbonyl (C=S) groups is 1. The van der Waals surface area contributed by atoms with Gasteiger partial charge in [0.2, 0.25) is 0 Å². The molecule has 1 saturated heterocycles. The van der Waals surface area contributed by atoms with Crippen LogP contribution in [0.3, 0.4) is 0 Å². The van der Waals surface area contributed by atoms with Gasteiger partial charge in [0, 0.05) is 24.3 Å². The Morgan fingerprint density at radius 1 is 1.14 bits per heavy atom. The highest BCUT2D eigenvalue weighted by Gasteiger charge is 2.33. The molecule has 1 heterocycles. The molecule has 2 aromatic rings. The van der Waals surface area contributed by atoms with Gasteiger partial charge in [0.25, 0.3) is 5.91 Å². The maximum atomic E-state index is 12.9. The topological polar surface area (TPSA) is 63.7 Å². The van der Waals surface area contributed by atoms with Crippen molar-refractivity contribution in [2.75, 3.05) is 22.9 Å². The minimum absolute atomic E-state index is 0.0383. The zero-order chi connectivity index (χ0) is 20.3. The quantitative estimate of drug-likeness (QED) is 0.537. The third-order valence-corrected chi connectivity index (χ3v) is 5.80. The second-order valence-electron chi connectivity index (χ2n) is 6.08. The Morgan fingerprint density at radius 3 is 2.39 bits per heavy atom. The molecule has 144 valence electrons. The number of carboxylic acid groups (broad SMARTS) is 1. The van der Waals surface area contributed by atoms with E-state index in [2.05, 4.69) is 18.7 Å². The van der Waals surface area contributed by atoms with Gasteiger partial charge < -0.3 is 14.8 Å². The largest absolute Gasteiger partial charge is 0.545 e. The van der Waals surface area contributed by atoms with Crippen LogP contribution in [0.25, 0.3) is 6.08 Å². The number of benzene rings is 2. The van der Waals surface area contributed by atoms with Crippen molar-refractivity contribution in [1.82, 2.24) is 0 Å². The van der Waals surface area contributed by atoms with Crippen LogP contribution < -0.4 is 14.9 Å². The number of nitrogens with zero attached hydrogens (tertiary/aromatic N) is 2. The number of anilines is 2. The Kier molecular flexibility index (Phi) is 6.16. The van der Waals surface area contributed by atoms with Crippen LogP contribution in [0.2, 0.25) is 0 Å². The molecule has 0 bridgehead atoms. The number of aromatic carboxylic acids is 1. The standard InChI is InChI=1S/C21H20N2O3S2/c1-3-22(4-2)15-9-11-16(12-10-15)23-19(24)18(28-21(23)27)13-14-7-5-6-8-17(14)20(25)26/h5-13H,3-4H2,1-2H3,(H,25,26)/p-1/b18-13-. The van der Waals surface area contributed by atoms with Gasteiger partial charge in [-0.3, -0.25) is 9.69 Å². The van der Waals surface area contributed by atoms with E-state index in [0.29, 0.717) is 20.5 Å². The normalized spacial score (nSPS) is 15.4. The maximum absolute atomic E-state index is 12.9. The summed E-state index contributed by atoms with van der Waals surface area (Å²) in [5, 5.41) is 11.3. The third kappa shape index (κ3) is 3.95. The third-order valence-electron chi connectivity index (χ3n) is 4.50. The number of hydrogen-bond acceptors (Lipinski definition) is 6. The molecular weight excluding hydrogens is 392 g/mol. The molecule has 5 nitrogen and oxygen atoms in total. The van der Waals surface area contributed by atoms with Crippen molar-refractivity contribution in [2.45, 2.75) is 13.8 Å². The van der Waals surface area contributed by atoms with Gasteiger partial charge in [-0.15, -0.1) is 0 Å². The number of carboxylic acids is 1. The van der Waals surface area contributed by atoms with E-state index in [4.69, 9.17) is 12.2 Å². The molecular formula is C21H19N2O3S2-. The second-order valence-corrected chi connectivity index (χ2v) is 7.76. The van der Waals surface area contributed by atoms with Gasteiger partial charge >= 0.3 is 0 Å². The van der Waals surface area contributed by atoms with Crippen molar-refractivity contribution in [1.29, 1.82) is 0 Å². The maximum Gasteiger partial charge on any atom is 0.270 e. The molecule has 0 atom stereocenters. The molecule has 0 radical (unpaired) electrons. The molecule has 0 spiro atoms. The van der Waals surface area contributed by atoms with Crippen molar-refractivity contribution in [3.05, 3.63) is 64.6 Å². The molecule has 2 aromatic carbocycles. The zero-order valence-corrected chi connectivity index (χ0v) is 17.2. The lowest BCUT2D eigenvalue weighted by Gasteiger charge is -2.22. The number of rotatable bonds is 6. The summed E-state index contributed by atoms with van der Waals surface area (Å²) >= 11 is 6.55. The molecule has 0 unspecified atom stereocenters. The fourth-order valence-electron chi connectivity index (χ4n) is 3.04. The first kappa shape index (κ1) is 20.1. The number of carbonyl (C=O) groups is 2. The SMILES string of the molecule is CCN(CC)c1ccc(N2C(=O)/C(=C/c3ccccc3C(=O)[O-])SC2=S)cc1. The van der Waals surface area contributed by atoms with Crippen LogP contribution in [0.4, 0.5) is 11.4 Å². The highest BCUT2D eigenvalue weighted by atomic mass is 32.2. The molecule has 28 heavy (non-hydrogen) atoms. The number of thioether (sulfide) groups is 1. The average molecular weight is 412 g/mol. The highest BCUT2D eigenvalue weighted by Crippen LogP contribution is 2.36. The summed E-state index contributed by atoms with van der Waals surface area (Å²) in [5.41, 5.74) is 2.23. The molecule has 3 rings (SSSR count). The summed E-state index contributed by atoms with van der Waals surface area (Å²) in [5.74, 6) is -1.55. The molecule has 7 heteroatoms. The van der Waals surface area contributed by atoms with Gasteiger partial charge in [-0.1, -0.05) is 48.2 Å². The Hall–Kier alpha value is -2.64. The molecule has 1 aliphatic rings. The fourth-order valence-corrected chi connectivity index (χ4v) is 4.33. The van der Waals surface area contributed by atoms with Crippen molar-refractivity contribution >= 4 is 57.6 Å². The minimum atomic E-state index is -1.28. The van der Waals surface area contributed by atoms with E-state index in [0.717, 1.165) is 30.5 Å². The first-order chi connectivity index (χ1) is 13.5. The van der Waals surface area contributed by atoms with E-state index >= 15 is 0 Å². The predicted molar refractivity (Wildman–Crippen MR) is 116 cm³/mol. The molecule has 0 aliphatic carbocycles. The van der Waals surface area contributed by atoms with E-state index in [-0.39, 0.29) is 11.5 Å². The van der Waals surface area contributed by atoms with Crippen LogP contribution in [-0.2, 0) is 4.79 Å². The van der Waals surface area contributed by atoms with E-state index in [1.54, 1.807) is 24.3 Å². The van der Waals surface area contributed by atoms with Gasteiger partial charge in [-0.05, 0) is 49.8 Å². The summed E-state index contributed by atoms with van der Waals surface area (Å²) in [6.07, 6.45) is 1.55. The van der Waals surface area contributed by atoms with Crippen LogP contribution in [0.15, 0.2) is 53.4 Å². The Balaban J connectivity index is 1.89. The number of hydrogen-bond donors (Lipinski definition) is 0. The van der Waals surface area contributed by atoms with Gasteiger partial charge in [0.05, 0.1) is 16.6 Å². The smallest absolute Gasteiger partial charge is 0.270 e. The summed E-state index contributed by atoms with van der Waals surface area (Å²) < 4.78 is 0.415. The first-order valence-corrected chi connectivity index (χ1v) is 10.1. The molecule has 0 N–H and O–H groups in total. The first-order valence-electron chi connectivity index (χ1n) is 8.89. The summed E-state index contributed by atoms with van der Waals surface area (Å²) in [6.45, 7) is 5.98.